The van der Waals surface area contributed by atoms with Crippen LogP contribution in [0, 0.1) is 11.8 Å². The van der Waals surface area contributed by atoms with E-state index in [1.54, 1.807) is 5.92 Å². The summed E-state index contributed by atoms with van der Waals surface area (Å²) >= 11 is 0. The highest BCUT2D eigenvalue weighted by Gasteiger charge is 2.14. The molecule has 0 aliphatic rings. The van der Waals surface area contributed by atoms with Crippen LogP contribution in [0.2, 0.25) is 0 Å². The van der Waals surface area contributed by atoms with Crippen LogP contribution in [0.1, 0.15) is 79.1 Å². The van der Waals surface area contributed by atoms with Crippen LogP contribution in [0.3, 0.4) is 0 Å². The van der Waals surface area contributed by atoms with Gasteiger partial charge in [0.15, 0.2) is 0 Å². The van der Waals surface area contributed by atoms with Crippen LogP contribution in [0.15, 0.2) is 0 Å². The minimum atomic E-state index is 0.918. The molecule has 0 nitrogen and oxygen atoms in total. The standard InChI is InChI=1S/C14H29/c1-5-8-9-10-12-14(11-6-2)13(4)7-3/h14H,5-12H2,1-4H3. The van der Waals surface area contributed by atoms with Crippen molar-refractivity contribution in [2.24, 2.45) is 5.92 Å². The molecule has 0 spiro atoms. The van der Waals surface area contributed by atoms with E-state index in [-0.39, 0.29) is 0 Å². The van der Waals surface area contributed by atoms with Gasteiger partial charge in [0.1, 0.15) is 0 Å². The van der Waals surface area contributed by atoms with Gasteiger partial charge in [0.2, 0.25) is 0 Å². The van der Waals surface area contributed by atoms with Crippen molar-refractivity contribution in [1.82, 2.24) is 0 Å². The lowest BCUT2D eigenvalue weighted by molar-refractivity contribution is 0.423. The van der Waals surface area contributed by atoms with Crippen molar-refractivity contribution >= 4 is 0 Å². The second kappa shape index (κ2) is 9.55. The van der Waals surface area contributed by atoms with Gasteiger partial charge in [-0.3, -0.25) is 0 Å². The first-order chi connectivity index (χ1) is 6.76. The van der Waals surface area contributed by atoms with E-state index in [4.69, 9.17) is 0 Å². The molecule has 0 aromatic carbocycles. The average Bonchev–Trinajstić information content (AvgIpc) is 2.21. The molecule has 85 valence electrons. The van der Waals surface area contributed by atoms with Gasteiger partial charge < -0.3 is 0 Å². The van der Waals surface area contributed by atoms with E-state index in [0.29, 0.717) is 0 Å². The Bertz CT molecular complexity index is 107. The van der Waals surface area contributed by atoms with Gasteiger partial charge in [-0.15, -0.1) is 0 Å². The summed E-state index contributed by atoms with van der Waals surface area (Å²) in [6.07, 6.45) is 11.1. The van der Waals surface area contributed by atoms with E-state index in [0.717, 1.165) is 5.92 Å². The van der Waals surface area contributed by atoms with Crippen molar-refractivity contribution in [3.63, 3.8) is 0 Å². The summed E-state index contributed by atoms with van der Waals surface area (Å²) < 4.78 is 0. The molecule has 0 aromatic heterocycles. The first kappa shape index (κ1) is 14.0. The monoisotopic (exact) mass is 197 g/mol. The first-order valence-electron chi connectivity index (χ1n) is 6.58. The molecule has 0 amide bonds. The fraction of sp³-hybridized carbons (Fsp3) is 0.929. The Hall–Kier alpha value is 0. The maximum atomic E-state index is 2.35. The Kier molecular flexibility index (Phi) is 9.55. The Morgan fingerprint density at radius 2 is 1.57 bits per heavy atom. The van der Waals surface area contributed by atoms with Gasteiger partial charge in [0, 0.05) is 0 Å². The normalized spacial score (nSPS) is 13.5. The SMILES string of the molecule is CCCCCCC(CCC)[C](C)CC. The van der Waals surface area contributed by atoms with E-state index < -0.39 is 0 Å². The van der Waals surface area contributed by atoms with Crippen LogP contribution in [0.4, 0.5) is 0 Å². The molecule has 1 unspecified atom stereocenters. The van der Waals surface area contributed by atoms with Gasteiger partial charge in [0.25, 0.3) is 0 Å². The van der Waals surface area contributed by atoms with Crippen molar-refractivity contribution in [2.45, 2.75) is 79.1 Å². The highest BCUT2D eigenvalue weighted by atomic mass is 14.2. The second-order valence-electron chi connectivity index (χ2n) is 4.53. The summed E-state index contributed by atoms with van der Waals surface area (Å²) in [7, 11) is 0. The lowest BCUT2D eigenvalue weighted by atomic mass is 9.84. The Balaban J connectivity index is 3.61. The van der Waals surface area contributed by atoms with Gasteiger partial charge in [-0.1, -0.05) is 66.2 Å². The average molecular weight is 197 g/mol. The molecule has 0 fully saturated rings. The quantitative estimate of drug-likeness (QED) is 0.435. The Morgan fingerprint density at radius 1 is 0.857 bits per heavy atom. The van der Waals surface area contributed by atoms with Gasteiger partial charge in [-0.2, -0.15) is 0 Å². The van der Waals surface area contributed by atoms with E-state index in [1.807, 2.05) is 0 Å². The molecule has 1 radical (unpaired) electrons. The molecule has 0 aromatic rings. The smallest absolute Gasteiger partial charge is 0.0244 e. The summed E-state index contributed by atoms with van der Waals surface area (Å²) in [5, 5.41) is 0. The van der Waals surface area contributed by atoms with E-state index >= 15 is 0 Å². The predicted octanol–water partition coefficient (Wildman–Crippen LogP) is 5.38. The fourth-order valence-electron chi connectivity index (χ4n) is 2.09. The molecule has 0 aliphatic heterocycles. The maximum Gasteiger partial charge on any atom is -0.0244 e. The molecule has 0 saturated carbocycles. The van der Waals surface area contributed by atoms with Gasteiger partial charge in [0.05, 0.1) is 0 Å². The number of rotatable bonds is 9. The third-order valence-corrected chi connectivity index (χ3v) is 3.30. The zero-order valence-electron chi connectivity index (χ0n) is 10.7. The zero-order chi connectivity index (χ0) is 10.8. The van der Waals surface area contributed by atoms with Crippen LogP contribution in [0.25, 0.3) is 0 Å². The van der Waals surface area contributed by atoms with Crippen LogP contribution in [0.5, 0.6) is 0 Å². The zero-order valence-corrected chi connectivity index (χ0v) is 10.7. The molecule has 14 heavy (non-hydrogen) atoms. The molecular formula is C14H29. The third kappa shape index (κ3) is 6.45. The highest BCUT2D eigenvalue weighted by molar-refractivity contribution is 4.90. The van der Waals surface area contributed by atoms with Crippen molar-refractivity contribution < 1.29 is 0 Å². The van der Waals surface area contributed by atoms with Gasteiger partial charge in [-0.25, -0.2) is 0 Å². The molecule has 0 heterocycles. The molecule has 0 bridgehead atoms. The number of hydrogen-bond acceptors (Lipinski definition) is 0. The summed E-state index contributed by atoms with van der Waals surface area (Å²) in [5.41, 5.74) is 0. The lowest BCUT2D eigenvalue weighted by Crippen LogP contribution is -2.08. The van der Waals surface area contributed by atoms with Gasteiger partial charge >= 0.3 is 0 Å². The predicted molar refractivity (Wildman–Crippen MR) is 66.4 cm³/mol. The molecule has 0 saturated heterocycles. The summed E-state index contributed by atoms with van der Waals surface area (Å²) in [6.45, 7) is 9.24. The lowest BCUT2D eigenvalue weighted by Gasteiger charge is -2.21. The Labute approximate surface area is 91.5 Å². The van der Waals surface area contributed by atoms with Crippen molar-refractivity contribution in [3.05, 3.63) is 5.92 Å². The maximum absolute atomic E-state index is 2.35. The van der Waals surface area contributed by atoms with Crippen LogP contribution in [-0.4, -0.2) is 0 Å². The van der Waals surface area contributed by atoms with Crippen LogP contribution in [-0.2, 0) is 0 Å². The molecule has 0 heteroatoms. The molecule has 1 atom stereocenters. The van der Waals surface area contributed by atoms with E-state index in [2.05, 4.69) is 27.7 Å². The molecular weight excluding hydrogens is 168 g/mol. The Morgan fingerprint density at radius 3 is 2.07 bits per heavy atom. The van der Waals surface area contributed by atoms with Gasteiger partial charge in [-0.05, 0) is 24.7 Å². The molecule has 0 aliphatic carbocycles. The van der Waals surface area contributed by atoms with Crippen molar-refractivity contribution in [3.8, 4) is 0 Å². The summed E-state index contributed by atoms with van der Waals surface area (Å²) in [5.74, 6) is 2.64. The minimum absolute atomic E-state index is 0.918. The summed E-state index contributed by atoms with van der Waals surface area (Å²) in [6, 6.07) is 0. The van der Waals surface area contributed by atoms with E-state index in [1.165, 1.54) is 51.4 Å². The topological polar surface area (TPSA) is 0 Å². The molecule has 0 N–H and O–H groups in total. The highest BCUT2D eigenvalue weighted by Crippen LogP contribution is 2.27. The third-order valence-electron chi connectivity index (χ3n) is 3.30. The second-order valence-corrected chi connectivity index (χ2v) is 4.53. The van der Waals surface area contributed by atoms with Crippen LogP contribution >= 0.6 is 0 Å². The largest absolute Gasteiger partial charge is 0.0654 e. The molecule has 0 rings (SSSR count). The van der Waals surface area contributed by atoms with Crippen molar-refractivity contribution in [1.29, 1.82) is 0 Å². The minimum Gasteiger partial charge on any atom is -0.0654 e. The fourth-order valence-corrected chi connectivity index (χ4v) is 2.09. The number of unbranched alkanes of at least 4 members (excludes halogenated alkanes) is 3. The number of hydrogen-bond donors (Lipinski definition) is 0. The van der Waals surface area contributed by atoms with E-state index in [9.17, 15) is 0 Å². The van der Waals surface area contributed by atoms with Crippen LogP contribution < -0.4 is 0 Å². The summed E-state index contributed by atoms with van der Waals surface area (Å²) in [4.78, 5) is 0. The van der Waals surface area contributed by atoms with Crippen molar-refractivity contribution in [2.75, 3.05) is 0 Å². The first-order valence-corrected chi connectivity index (χ1v) is 6.58.